The van der Waals surface area contributed by atoms with Crippen molar-refractivity contribution in [3.63, 3.8) is 0 Å². The van der Waals surface area contributed by atoms with Crippen molar-refractivity contribution in [2.75, 3.05) is 6.54 Å². The van der Waals surface area contributed by atoms with Crippen LogP contribution in [0.5, 0.6) is 0 Å². The summed E-state index contributed by atoms with van der Waals surface area (Å²) in [4.78, 5) is 3.79. The Morgan fingerprint density at radius 3 is 2.28 bits per heavy atom. The molecule has 3 aromatic rings. The van der Waals surface area contributed by atoms with Gasteiger partial charge in [0, 0.05) is 5.56 Å². The summed E-state index contributed by atoms with van der Waals surface area (Å²) >= 11 is 0. The predicted molar refractivity (Wildman–Crippen MR) is 105 cm³/mol. The van der Waals surface area contributed by atoms with Crippen molar-refractivity contribution in [1.82, 2.24) is 4.31 Å². The Morgan fingerprint density at radius 2 is 1.62 bits per heavy atom. The maximum atomic E-state index is 13.7. The number of aryl methyl sites for hydroxylation is 1. The number of fused-ring (bicyclic) bond motifs is 1. The van der Waals surface area contributed by atoms with Crippen molar-refractivity contribution in [2.24, 2.45) is 4.99 Å². The fourth-order valence-electron chi connectivity index (χ4n) is 3.35. The van der Waals surface area contributed by atoms with Crippen LogP contribution in [0.15, 0.2) is 76.6 Å². The van der Waals surface area contributed by atoms with Crippen LogP contribution in [0.1, 0.15) is 11.1 Å². The van der Waals surface area contributed by atoms with Crippen LogP contribution in [0.2, 0.25) is 0 Å². The summed E-state index contributed by atoms with van der Waals surface area (Å²) in [7, 11) is -4.46. The van der Waals surface area contributed by atoms with Gasteiger partial charge in [-0.05, 0) is 35.9 Å². The van der Waals surface area contributed by atoms with Crippen molar-refractivity contribution in [2.45, 2.75) is 24.0 Å². The fraction of sp³-hybridized carbons (Fsp3) is 0.190. The molecule has 4 rings (SSSR count). The van der Waals surface area contributed by atoms with Gasteiger partial charge in [0.15, 0.2) is 6.04 Å². The first-order valence-electron chi connectivity index (χ1n) is 8.89. The van der Waals surface area contributed by atoms with E-state index in [1.807, 2.05) is 24.3 Å². The third-order valence-corrected chi connectivity index (χ3v) is 6.68. The molecule has 0 aliphatic carbocycles. The van der Waals surface area contributed by atoms with E-state index in [1.165, 1.54) is 12.1 Å². The van der Waals surface area contributed by atoms with E-state index >= 15 is 0 Å². The van der Waals surface area contributed by atoms with Crippen LogP contribution in [-0.4, -0.2) is 37.3 Å². The average Bonchev–Trinajstić information content (AvgIpc) is 3.14. The van der Waals surface area contributed by atoms with E-state index in [1.54, 1.807) is 37.3 Å². The number of aliphatic imine (C=N–C) groups is 1. The second-order valence-corrected chi connectivity index (χ2v) is 8.71. The van der Waals surface area contributed by atoms with Crippen LogP contribution < -0.4 is 0 Å². The van der Waals surface area contributed by atoms with Gasteiger partial charge in [0.1, 0.15) is 5.84 Å². The number of hydrogen-bond donors (Lipinski definition) is 0. The molecule has 0 saturated heterocycles. The molecular formula is C21H17F3N2O2S. The van der Waals surface area contributed by atoms with Gasteiger partial charge in [-0.15, -0.1) is 0 Å². The van der Waals surface area contributed by atoms with E-state index < -0.39 is 28.8 Å². The molecule has 150 valence electrons. The summed E-state index contributed by atoms with van der Waals surface area (Å²) in [5.41, 5.74) is 1.13. The molecule has 8 heteroatoms. The zero-order valence-electron chi connectivity index (χ0n) is 15.4. The molecule has 0 aromatic heterocycles. The molecule has 1 aliphatic rings. The molecule has 1 unspecified atom stereocenters. The molecule has 1 heterocycles. The van der Waals surface area contributed by atoms with Crippen molar-refractivity contribution in [3.8, 4) is 0 Å². The quantitative estimate of drug-likeness (QED) is 0.628. The number of hydrogen-bond acceptors (Lipinski definition) is 3. The van der Waals surface area contributed by atoms with E-state index in [2.05, 4.69) is 4.99 Å². The third-order valence-electron chi connectivity index (χ3n) is 4.87. The number of alkyl halides is 3. The second-order valence-electron chi connectivity index (χ2n) is 6.90. The van der Waals surface area contributed by atoms with E-state index in [0.29, 0.717) is 9.87 Å². The predicted octanol–water partition coefficient (Wildman–Crippen LogP) is 4.53. The van der Waals surface area contributed by atoms with E-state index in [9.17, 15) is 21.6 Å². The van der Waals surface area contributed by atoms with Crippen LogP contribution in [-0.2, 0) is 10.0 Å². The molecule has 1 aliphatic heterocycles. The minimum Gasteiger partial charge on any atom is -0.265 e. The average molecular weight is 418 g/mol. The third kappa shape index (κ3) is 3.48. The van der Waals surface area contributed by atoms with Gasteiger partial charge in [0.25, 0.3) is 10.0 Å². The van der Waals surface area contributed by atoms with Gasteiger partial charge < -0.3 is 0 Å². The topological polar surface area (TPSA) is 49.7 Å². The molecule has 0 fully saturated rings. The van der Waals surface area contributed by atoms with Crippen LogP contribution in [0, 0.1) is 6.92 Å². The lowest BCUT2D eigenvalue weighted by Crippen LogP contribution is -2.49. The minimum absolute atomic E-state index is 0.196. The van der Waals surface area contributed by atoms with Gasteiger partial charge in [-0.1, -0.05) is 54.1 Å². The van der Waals surface area contributed by atoms with E-state index in [-0.39, 0.29) is 10.7 Å². The smallest absolute Gasteiger partial charge is 0.265 e. The van der Waals surface area contributed by atoms with Gasteiger partial charge >= 0.3 is 6.18 Å². The standard InChI is InChI=1S/C21H17F3N2O2S/c1-14-6-10-18(11-7-14)29(27,28)26-19(21(22,23)24)13-25-20(26)17-9-8-15-4-2-3-5-16(15)12-17/h2-12,19H,13H2,1H3. The van der Waals surface area contributed by atoms with Gasteiger partial charge in [0.05, 0.1) is 11.4 Å². The lowest BCUT2D eigenvalue weighted by atomic mass is 10.1. The number of sulfonamides is 1. The summed E-state index contributed by atoms with van der Waals surface area (Å²) in [5.74, 6) is -0.196. The van der Waals surface area contributed by atoms with E-state index in [0.717, 1.165) is 16.3 Å². The molecule has 0 bridgehead atoms. The van der Waals surface area contributed by atoms with Crippen LogP contribution in [0.4, 0.5) is 13.2 Å². The van der Waals surface area contributed by atoms with Crippen molar-refractivity contribution < 1.29 is 21.6 Å². The summed E-state index contributed by atoms with van der Waals surface area (Å²) < 4.78 is 67.9. The lowest BCUT2D eigenvalue weighted by molar-refractivity contribution is -0.159. The first kappa shape index (κ1) is 19.4. The van der Waals surface area contributed by atoms with Crippen molar-refractivity contribution >= 4 is 26.6 Å². The molecule has 0 spiro atoms. The maximum Gasteiger partial charge on any atom is 0.411 e. The highest BCUT2D eigenvalue weighted by atomic mass is 32.2. The zero-order chi connectivity index (χ0) is 20.8. The van der Waals surface area contributed by atoms with Crippen molar-refractivity contribution in [1.29, 1.82) is 0 Å². The zero-order valence-corrected chi connectivity index (χ0v) is 16.2. The normalized spacial score (nSPS) is 17.6. The van der Waals surface area contributed by atoms with Crippen LogP contribution in [0.25, 0.3) is 10.8 Å². The summed E-state index contributed by atoms with van der Waals surface area (Å²) in [5, 5.41) is 1.69. The molecular weight excluding hydrogens is 401 g/mol. The Balaban J connectivity index is 1.85. The summed E-state index contributed by atoms with van der Waals surface area (Å²) in [6.45, 7) is 1.10. The monoisotopic (exact) mass is 418 g/mol. The summed E-state index contributed by atoms with van der Waals surface area (Å²) in [6.07, 6.45) is -4.75. The number of halogens is 3. The Bertz CT molecular complexity index is 1200. The van der Waals surface area contributed by atoms with E-state index in [4.69, 9.17) is 0 Å². The highest BCUT2D eigenvalue weighted by molar-refractivity contribution is 7.89. The summed E-state index contributed by atoms with van der Waals surface area (Å²) in [6, 6.07) is 15.8. The molecule has 0 N–H and O–H groups in total. The largest absolute Gasteiger partial charge is 0.411 e. The number of benzene rings is 3. The van der Waals surface area contributed by atoms with Gasteiger partial charge in [-0.25, -0.2) is 12.7 Å². The minimum atomic E-state index is -4.75. The highest BCUT2D eigenvalue weighted by Gasteiger charge is 2.52. The Morgan fingerprint density at radius 1 is 0.966 bits per heavy atom. The number of rotatable bonds is 3. The molecule has 3 aromatic carbocycles. The maximum absolute atomic E-state index is 13.7. The molecule has 29 heavy (non-hydrogen) atoms. The molecule has 0 saturated carbocycles. The van der Waals surface area contributed by atoms with Gasteiger partial charge in [0.2, 0.25) is 0 Å². The fourth-order valence-corrected chi connectivity index (χ4v) is 4.97. The Kier molecular flexibility index (Phi) is 4.61. The van der Waals surface area contributed by atoms with Crippen LogP contribution in [0.3, 0.4) is 0 Å². The molecule has 0 radical (unpaired) electrons. The molecule has 1 atom stereocenters. The number of nitrogens with zero attached hydrogens (tertiary/aromatic N) is 2. The Hall–Kier alpha value is -2.87. The van der Waals surface area contributed by atoms with Gasteiger partial charge in [-0.3, -0.25) is 4.99 Å². The van der Waals surface area contributed by atoms with Crippen molar-refractivity contribution in [3.05, 3.63) is 77.9 Å². The SMILES string of the molecule is Cc1ccc(S(=O)(=O)N2C(c3ccc4ccccc4c3)=NCC2C(F)(F)F)cc1. The first-order chi connectivity index (χ1) is 13.7. The molecule has 4 nitrogen and oxygen atoms in total. The van der Waals surface area contributed by atoms with Crippen LogP contribution >= 0.6 is 0 Å². The Labute approximate surface area is 166 Å². The highest BCUT2D eigenvalue weighted by Crippen LogP contribution is 2.35. The van der Waals surface area contributed by atoms with Gasteiger partial charge in [-0.2, -0.15) is 13.2 Å². The lowest BCUT2D eigenvalue weighted by Gasteiger charge is -2.29. The molecule has 0 amide bonds. The number of amidine groups is 1. The second kappa shape index (κ2) is 6.88. The first-order valence-corrected chi connectivity index (χ1v) is 10.3.